The minimum absolute atomic E-state index is 0.0450. The predicted molar refractivity (Wildman–Crippen MR) is 85.9 cm³/mol. The van der Waals surface area contributed by atoms with Crippen LogP contribution in [0.5, 0.6) is 0 Å². The second kappa shape index (κ2) is 7.53. The molecule has 0 unspecified atom stereocenters. The summed E-state index contributed by atoms with van der Waals surface area (Å²) in [5.74, 6) is 4.36. The second-order valence-electron chi connectivity index (χ2n) is 6.19. The minimum atomic E-state index is -0.411. The summed E-state index contributed by atoms with van der Waals surface area (Å²) >= 11 is 0. The van der Waals surface area contributed by atoms with E-state index in [4.69, 9.17) is 11.2 Å². The van der Waals surface area contributed by atoms with Crippen LogP contribution in [-0.4, -0.2) is 40.0 Å². The Morgan fingerprint density at radius 3 is 2.88 bits per heavy atom. The summed E-state index contributed by atoms with van der Waals surface area (Å²) in [5.41, 5.74) is -0.411. The van der Waals surface area contributed by atoms with Gasteiger partial charge >= 0.3 is 0 Å². The average molecular weight is 330 g/mol. The Hall–Kier alpha value is -2.27. The van der Waals surface area contributed by atoms with Gasteiger partial charge in [0.15, 0.2) is 11.5 Å². The van der Waals surface area contributed by atoms with E-state index in [0.717, 1.165) is 31.9 Å². The molecule has 0 saturated carbocycles. The van der Waals surface area contributed by atoms with E-state index < -0.39 is 5.66 Å². The highest BCUT2D eigenvalue weighted by molar-refractivity contribution is 5.75. The van der Waals surface area contributed by atoms with Crippen molar-refractivity contribution in [3.05, 3.63) is 11.6 Å². The Kier molecular flexibility index (Phi) is 5.20. The molecule has 0 atom stereocenters. The number of aromatic nitrogens is 3. The van der Waals surface area contributed by atoms with E-state index in [1.54, 1.807) is 0 Å². The first-order valence-corrected chi connectivity index (χ1v) is 8.34. The molecule has 2 N–H and O–H groups in total. The number of nitrogens with one attached hydrogen (secondary N) is 2. The zero-order valence-corrected chi connectivity index (χ0v) is 13.6. The molecule has 8 heteroatoms. The molecule has 2 aliphatic rings. The molecular formula is C16H22N6O2. The molecule has 24 heavy (non-hydrogen) atoms. The SMILES string of the molecule is C#CCCC1(CCC(=O)NCc2nc(C3CCOCC3)n[nH]2)N=N1. The lowest BCUT2D eigenvalue weighted by Crippen LogP contribution is -2.25. The third-order valence-corrected chi connectivity index (χ3v) is 4.39. The number of ether oxygens (including phenoxy) is 1. The summed E-state index contributed by atoms with van der Waals surface area (Å²) in [6.07, 6.45) is 9.45. The summed E-state index contributed by atoms with van der Waals surface area (Å²) in [4.78, 5) is 16.4. The number of hydrogen-bond acceptors (Lipinski definition) is 6. The zero-order valence-electron chi connectivity index (χ0n) is 13.6. The summed E-state index contributed by atoms with van der Waals surface area (Å²) in [7, 11) is 0. The maximum Gasteiger partial charge on any atom is 0.220 e. The summed E-state index contributed by atoms with van der Waals surface area (Å²) in [6.45, 7) is 1.85. The van der Waals surface area contributed by atoms with Crippen molar-refractivity contribution >= 4 is 5.91 Å². The summed E-state index contributed by atoms with van der Waals surface area (Å²) in [5, 5.41) is 18.1. The number of H-pyrrole nitrogens is 1. The smallest absolute Gasteiger partial charge is 0.220 e. The topological polar surface area (TPSA) is 105 Å². The maximum atomic E-state index is 12.0. The molecule has 1 saturated heterocycles. The molecule has 0 bridgehead atoms. The molecule has 128 valence electrons. The van der Waals surface area contributed by atoms with Gasteiger partial charge in [-0.2, -0.15) is 15.3 Å². The second-order valence-corrected chi connectivity index (χ2v) is 6.19. The van der Waals surface area contributed by atoms with Gasteiger partial charge in [0.25, 0.3) is 0 Å². The van der Waals surface area contributed by atoms with Gasteiger partial charge in [0.1, 0.15) is 5.82 Å². The highest BCUT2D eigenvalue weighted by Gasteiger charge is 2.39. The van der Waals surface area contributed by atoms with Gasteiger partial charge in [-0.1, -0.05) is 0 Å². The van der Waals surface area contributed by atoms with Crippen LogP contribution in [0.1, 0.15) is 56.1 Å². The summed E-state index contributed by atoms with van der Waals surface area (Å²) < 4.78 is 5.34. The molecular weight excluding hydrogens is 308 g/mol. The molecule has 0 radical (unpaired) electrons. The molecule has 0 spiro atoms. The lowest BCUT2D eigenvalue weighted by Gasteiger charge is -2.18. The van der Waals surface area contributed by atoms with E-state index in [0.29, 0.717) is 44.0 Å². The fourth-order valence-electron chi connectivity index (χ4n) is 2.78. The number of rotatable bonds is 8. The van der Waals surface area contributed by atoms with E-state index in [-0.39, 0.29) is 5.91 Å². The highest BCUT2D eigenvalue weighted by Crippen LogP contribution is 2.37. The van der Waals surface area contributed by atoms with Crippen molar-refractivity contribution in [3.63, 3.8) is 0 Å². The molecule has 2 aliphatic heterocycles. The quantitative estimate of drug-likeness (QED) is 0.707. The summed E-state index contributed by atoms with van der Waals surface area (Å²) in [6, 6.07) is 0. The van der Waals surface area contributed by atoms with Gasteiger partial charge in [0.05, 0.1) is 6.54 Å². The number of hydrogen-bond donors (Lipinski definition) is 2. The largest absolute Gasteiger partial charge is 0.381 e. The lowest BCUT2D eigenvalue weighted by molar-refractivity contribution is -0.121. The van der Waals surface area contributed by atoms with E-state index >= 15 is 0 Å². The normalized spacial score (nSPS) is 19.0. The van der Waals surface area contributed by atoms with Crippen molar-refractivity contribution in [2.24, 2.45) is 10.2 Å². The molecule has 1 amide bonds. The first kappa shape index (κ1) is 16.6. The van der Waals surface area contributed by atoms with Crippen LogP contribution in [0.25, 0.3) is 0 Å². The fraction of sp³-hybridized carbons (Fsp3) is 0.688. The van der Waals surface area contributed by atoms with E-state index in [2.05, 4.69) is 36.6 Å². The van der Waals surface area contributed by atoms with Crippen LogP contribution >= 0.6 is 0 Å². The van der Waals surface area contributed by atoms with Gasteiger partial charge in [-0.15, -0.1) is 12.3 Å². The third kappa shape index (κ3) is 4.38. The maximum absolute atomic E-state index is 12.0. The van der Waals surface area contributed by atoms with E-state index in [9.17, 15) is 4.79 Å². The van der Waals surface area contributed by atoms with Gasteiger partial charge in [0, 0.05) is 44.8 Å². The number of terminal acetylenes is 1. The zero-order chi connectivity index (χ0) is 16.8. The first-order chi connectivity index (χ1) is 11.7. The molecule has 3 rings (SSSR count). The molecule has 1 aromatic heterocycles. The van der Waals surface area contributed by atoms with Crippen molar-refractivity contribution in [1.82, 2.24) is 20.5 Å². The Bertz CT molecular complexity index is 635. The van der Waals surface area contributed by atoms with Crippen LogP contribution in [0, 0.1) is 12.3 Å². The van der Waals surface area contributed by atoms with Gasteiger partial charge in [-0.25, -0.2) is 4.98 Å². The van der Waals surface area contributed by atoms with Crippen molar-refractivity contribution in [2.45, 2.75) is 56.7 Å². The number of aromatic amines is 1. The predicted octanol–water partition coefficient (Wildman–Crippen LogP) is 1.67. The number of carbonyl (C=O) groups excluding carboxylic acids is 1. The van der Waals surface area contributed by atoms with Gasteiger partial charge in [-0.05, 0) is 12.8 Å². The van der Waals surface area contributed by atoms with Crippen LogP contribution in [0.3, 0.4) is 0 Å². The van der Waals surface area contributed by atoms with E-state index in [1.165, 1.54) is 0 Å². The molecule has 1 fully saturated rings. The molecule has 8 nitrogen and oxygen atoms in total. The molecule has 3 heterocycles. The van der Waals surface area contributed by atoms with Crippen molar-refractivity contribution in [2.75, 3.05) is 13.2 Å². The van der Waals surface area contributed by atoms with Crippen LogP contribution < -0.4 is 5.32 Å². The monoisotopic (exact) mass is 330 g/mol. The highest BCUT2D eigenvalue weighted by atomic mass is 16.5. The van der Waals surface area contributed by atoms with Crippen LogP contribution in [0.15, 0.2) is 10.2 Å². The number of carbonyl (C=O) groups is 1. The van der Waals surface area contributed by atoms with Crippen molar-refractivity contribution in [3.8, 4) is 12.3 Å². The van der Waals surface area contributed by atoms with Gasteiger partial charge < -0.3 is 10.1 Å². The molecule has 1 aromatic rings. The lowest BCUT2D eigenvalue weighted by atomic mass is 10.00. The molecule has 0 aliphatic carbocycles. The molecule has 0 aromatic carbocycles. The van der Waals surface area contributed by atoms with Gasteiger partial charge in [0.2, 0.25) is 5.91 Å². The van der Waals surface area contributed by atoms with Crippen LogP contribution in [-0.2, 0) is 16.1 Å². The third-order valence-electron chi connectivity index (χ3n) is 4.39. The van der Waals surface area contributed by atoms with Crippen LogP contribution in [0.4, 0.5) is 0 Å². The average Bonchev–Trinajstić information content (AvgIpc) is 3.23. The Labute approximate surface area is 140 Å². The Morgan fingerprint density at radius 2 is 2.17 bits per heavy atom. The minimum Gasteiger partial charge on any atom is -0.381 e. The van der Waals surface area contributed by atoms with Gasteiger partial charge in [-0.3, -0.25) is 9.89 Å². The fourth-order valence-corrected chi connectivity index (χ4v) is 2.78. The van der Waals surface area contributed by atoms with Crippen molar-refractivity contribution in [1.29, 1.82) is 0 Å². The standard InChI is InChI=1S/C16H22N6O2/c1-2-3-7-16(21-22-16)8-4-14(23)17-11-13-18-15(20-19-13)12-5-9-24-10-6-12/h1,12H,3-11H2,(H,17,23)(H,18,19,20). The number of amides is 1. The Morgan fingerprint density at radius 1 is 1.38 bits per heavy atom. The van der Waals surface area contributed by atoms with Crippen LogP contribution in [0.2, 0.25) is 0 Å². The van der Waals surface area contributed by atoms with Crippen molar-refractivity contribution < 1.29 is 9.53 Å². The Balaban J connectivity index is 1.39. The van der Waals surface area contributed by atoms with E-state index in [1.807, 2.05) is 0 Å². The number of nitrogens with zero attached hydrogens (tertiary/aromatic N) is 4. The first-order valence-electron chi connectivity index (χ1n) is 8.34.